The molecular formula is C14H18O3. The van der Waals surface area contributed by atoms with Crippen molar-refractivity contribution in [2.45, 2.75) is 32.1 Å². The lowest BCUT2D eigenvalue weighted by Crippen LogP contribution is -2.27. The number of carbonyl (C=O) groups is 1. The van der Waals surface area contributed by atoms with Crippen LogP contribution in [0.4, 0.5) is 0 Å². The molecule has 1 unspecified atom stereocenters. The van der Waals surface area contributed by atoms with E-state index in [9.17, 15) is 9.90 Å². The maximum atomic E-state index is 11.5. The number of aryl methyl sites for hydroxylation is 1. The number of benzene rings is 1. The SMILES string of the molecule is COc1c(C)cccc1C(C(=O)O)C1CCC1. The molecule has 1 aromatic carbocycles. The van der Waals surface area contributed by atoms with Crippen LogP contribution in [0.25, 0.3) is 0 Å². The first-order valence-corrected chi connectivity index (χ1v) is 6.01. The Morgan fingerprint density at radius 2 is 2.18 bits per heavy atom. The normalized spacial score (nSPS) is 17.3. The molecule has 0 aliphatic heterocycles. The zero-order valence-corrected chi connectivity index (χ0v) is 10.3. The van der Waals surface area contributed by atoms with Gasteiger partial charge in [0.2, 0.25) is 0 Å². The Bertz CT molecular complexity index is 421. The van der Waals surface area contributed by atoms with E-state index < -0.39 is 11.9 Å². The summed E-state index contributed by atoms with van der Waals surface area (Å²) in [6.45, 7) is 1.95. The molecule has 0 heterocycles. The van der Waals surface area contributed by atoms with Crippen LogP contribution in [0.5, 0.6) is 5.75 Å². The topological polar surface area (TPSA) is 46.5 Å². The second-order valence-corrected chi connectivity index (χ2v) is 4.70. The molecule has 3 nitrogen and oxygen atoms in total. The van der Waals surface area contributed by atoms with E-state index >= 15 is 0 Å². The van der Waals surface area contributed by atoms with Gasteiger partial charge in [0.05, 0.1) is 13.0 Å². The Kier molecular flexibility index (Phi) is 3.36. The number of hydrogen-bond acceptors (Lipinski definition) is 2. The van der Waals surface area contributed by atoms with Crippen molar-refractivity contribution in [2.24, 2.45) is 5.92 Å². The van der Waals surface area contributed by atoms with Crippen LogP contribution in [0, 0.1) is 12.8 Å². The average molecular weight is 234 g/mol. The molecule has 0 aromatic heterocycles. The molecule has 1 atom stereocenters. The second-order valence-electron chi connectivity index (χ2n) is 4.70. The van der Waals surface area contributed by atoms with Crippen molar-refractivity contribution in [2.75, 3.05) is 7.11 Å². The van der Waals surface area contributed by atoms with Gasteiger partial charge in [-0.2, -0.15) is 0 Å². The number of aliphatic carboxylic acids is 1. The quantitative estimate of drug-likeness (QED) is 0.871. The first-order valence-electron chi connectivity index (χ1n) is 6.01. The van der Waals surface area contributed by atoms with E-state index in [4.69, 9.17) is 4.74 Å². The first kappa shape index (κ1) is 12.0. The number of rotatable bonds is 4. The molecule has 1 aliphatic rings. The lowest BCUT2D eigenvalue weighted by atomic mass is 9.72. The number of methoxy groups -OCH3 is 1. The van der Waals surface area contributed by atoms with Crippen molar-refractivity contribution < 1.29 is 14.6 Å². The fraction of sp³-hybridized carbons (Fsp3) is 0.500. The predicted octanol–water partition coefficient (Wildman–Crippen LogP) is 2.97. The summed E-state index contributed by atoms with van der Waals surface area (Å²) in [6.07, 6.45) is 3.16. The number of para-hydroxylation sites is 1. The summed E-state index contributed by atoms with van der Waals surface area (Å²) in [5, 5.41) is 9.42. The fourth-order valence-electron chi connectivity index (χ4n) is 2.56. The zero-order valence-electron chi connectivity index (χ0n) is 10.3. The van der Waals surface area contributed by atoms with E-state index in [2.05, 4.69) is 0 Å². The molecule has 2 rings (SSSR count). The number of hydrogen-bond donors (Lipinski definition) is 1. The molecular weight excluding hydrogens is 216 g/mol. The molecule has 92 valence electrons. The number of carboxylic acid groups (broad SMARTS) is 1. The third-order valence-electron chi connectivity index (χ3n) is 3.67. The Hall–Kier alpha value is -1.51. The van der Waals surface area contributed by atoms with Gasteiger partial charge in [-0.25, -0.2) is 0 Å². The Balaban J connectivity index is 2.41. The van der Waals surface area contributed by atoms with Gasteiger partial charge >= 0.3 is 5.97 Å². The van der Waals surface area contributed by atoms with Crippen molar-refractivity contribution in [3.8, 4) is 5.75 Å². The van der Waals surface area contributed by atoms with Crippen LogP contribution in [-0.4, -0.2) is 18.2 Å². The molecule has 1 aliphatic carbocycles. The van der Waals surface area contributed by atoms with Crippen LogP contribution >= 0.6 is 0 Å². The standard InChI is InChI=1S/C14H18O3/c1-9-5-3-8-11(13(9)17-2)12(14(15)16)10-6-4-7-10/h3,5,8,10,12H,4,6-7H2,1-2H3,(H,15,16). The molecule has 3 heteroatoms. The van der Waals surface area contributed by atoms with Crippen LogP contribution in [0.2, 0.25) is 0 Å². The highest BCUT2D eigenvalue weighted by molar-refractivity contribution is 5.78. The largest absolute Gasteiger partial charge is 0.496 e. The molecule has 1 fully saturated rings. The van der Waals surface area contributed by atoms with E-state index in [1.807, 2.05) is 25.1 Å². The molecule has 0 radical (unpaired) electrons. The van der Waals surface area contributed by atoms with Crippen LogP contribution in [0.3, 0.4) is 0 Å². The molecule has 0 spiro atoms. The van der Waals surface area contributed by atoms with Crippen LogP contribution in [0.1, 0.15) is 36.3 Å². The van der Waals surface area contributed by atoms with Gasteiger partial charge in [-0.1, -0.05) is 24.6 Å². The van der Waals surface area contributed by atoms with E-state index in [1.54, 1.807) is 7.11 Å². The van der Waals surface area contributed by atoms with Gasteiger partial charge in [0.25, 0.3) is 0 Å². The summed E-state index contributed by atoms with van der Waals surface area (Å²) in [6, 6.07) is 5.73. The summed E-state index contributed by atoms with van der Waals surface area (Å²) >= 11 is 0. The van der Waals surface area contributed by atoms with E-state index in [-0.39, 0.29) is 5.92 Å². The number of ether oxygens (including phenoxy) is 1. The lowest BCUT2D eigenvalue weighted by Gasteiger charge is -2.32. The van der Waals surface area contributed by atoms with Crippen molar-refractivity contribution in [3.63, 3.8) is 0 Å². The van der Waals surface area contributed by atoms with E-state index in [1.165, 1.54) is 0 Å². The van der Waals surface area contributed by atoms with Gasteiger partial charge in [0.15, 0.2) is 0 Å². The van der Waals surface area contributed by atoms with Crippen LogP contribution < -0.4 is 4.74 Å². The van der Waals surface area contributed by atoms with Crippen molar-refractivity contribution in [1.82, 2.24) is 0 Å². The van der Waals surface area contributed by atoms with Crippen molar-refractivity contribution in [3.05, 3.63) is 29.3 Å². The Labute approximate surface area is 101 Å². The summed E-state index contributed by atoms with van der Waals surface area (Å²) in [5.74, 6) is -0.160. The molecule has 0 amide bonds. The third-order valence-corrected chi connectivity index (χ3v) is 3.67. The minimum Gasteiger partial charge on any atom is -0.496 e. The van der Waals surface area contributed by atoms with Gasteiger partial charge in [0.1, 0.15) is 5.75 Å². The first-order chi connectivity index (χ1) is 8.15. The average Bonchev–Trinajstić information content (AvgIpc) is 2.22. The van der Waals surface area contributed by atoms with Crippen LogP contribution in [-0.2, 0) is 4.79 Å². The van der Waals surface area contributed by atoms with E-state index in [0.717, 1.165) is 36.1 Å². The molecule has 1 aromatic rings. The summed E-state index contributed by atoms with van der Waals surface area (Å²) in [4.78, 5) is 11.5. The maximum Gasteiger partial charge on any atom is 0.311 e. The summed E-state index contributed by atoms with van der Waals surface area (Å²) in [7, 11) is 1.60. The minimum absolute atomic E-state index is 0.267. The van der Waals surface area contributed by atoms with E-state index in [0.29, 0.717) is 0 Å². The second kappa shape index (κ2) is 4.78. The summed E-state index contributed by atoms with van der Waals surface area (Å²) < 4.78 is 5.36. The van der Waals surface area contributed by atoms with Gasteiger partial charge in [-0.15, -0.1) is 0 Å². The highest BCUT2D eigenvalue weighted by Crippen LogP contribution is 2.43. The van der Waals surface area contributed by atoms with Crippen molar-refractivity contribution in [1.29, 1.82) is 0 Å². The molecule has 0 saturated heterocycles. The molecule has 17 heavy (non-hydrogen) atoms. The van der Waals surface area contributed by atoms with Gasteiger partial charge in [-0.05, 0) is 31.2 Å². The van der Waals surface area contributed by atoms with Gasteiger partial charge in [-0.3, -0.25) is 4.79 Å². The maximum absolute atomic E-state index is 11.5. The van der Waals surface area contributed by atoms with Crippen molar-refractivity contribution >= 4 is 5.97 Å². The zero-order chi connectivity index (χ0) is 12.4. The molecule has 0 bridgehead atoms. The highest BCUT2D eigenvalue weighted by atomic mass is 16.5. The third kappa shape index (κ3) is 2.14. The smallest absolute Gasteiger partial charge is 0.311 e. The summed E-state index contributed by atoms with van der Waals surface area (Å²) in [5.41, 5.74) is 1.82. The fourth-order valence-corrected chi connectivity index (χ4v) is 2.56. The van der Waals surface area contributed by atoms with Gasteiger partial charge < -0.3 is 9.84 Å². The molecule has 1 N–H and O–H groups in total. The monoisotopic (exact) mass is 234 g/mol. The predicted molar refractivity (Wildman–Crippen MR) is 65.4 cm³/mol. The molecule has 1 saturated carbocycles. The van der Waals surface area contributed by atoms with Gasteiger partial charge in [0, 0.05) is 5.56 Å². The highest BCUT2D eigenvalue weighted by Gasteiger charge is 2.35. The van der Waals surface area contributed by atoms with Crippen LogP contribution in [0.15, 0.2) is 18.2 Å². The minimum atomic E-state index is -0.737. The number of carboxylic acids is 1. The Morgan fingerprint density at radius 1 is 1.47 bits per heavy atom. The Morgan fingerprint density at radius 3 is 2.65 bits per heavy atom. The lowest BCUT2D eigenvalue weighted by molar-refractivity contribution is -0.141.